The zero-order valence-electron chi connectivity index (χ0n) is 9.50. The SMILES string of the molecule is Cc1cc(Cl)cc(C)c1OC(C)C(=O)NN. The van der Waals surface area contributed by atoms with Crippen LogP contribution in [0.4, 0.5) is 0 Å². The fourth-order valence-electron chi connectivity index (χ4n) is 1.43. The Kier molecular flexibility index (Phi) is 4.15. The van der Waals surface area contributed by atoms with E-state index in [2.05, 4.69) is 0 Å². The van der Waals surface area contributed by atoms with E-state index in [-0.39, 0.29) is 5.91 Å². The lowest BCUT2D eigenvalue weighted by molar-refractivity contribution is -0.127. The summed E-state index contributed by atoms with van der Waals surface area (Å²) in [6.45, 7) is 5.39. The molecule has 1 aromatic carbocycles. The van der Waals surface area contributed by atoms with Crippen molar-refractivity contribution in [1.82, 2.24) is 5.43 Å². The lowest BCUT2D eigenvalue weighted by Crippen LogP contribution is -2.40. The van der Waals surface area contributed by atoms with Crippen molar-refractivity contribution in [3.8, 4) is 5.75 Å². The highest BCUT2D eigenvalue weighted by atomic mass is 35.5. The molecular formula is C11H15ClN2O2. The van der Waals surface area contributed by atoms with Crippen LogP contribution in [-0.4, -0.2) is 12.0 Å². The maximum Gasteiger partial charge on any atom is 0.274 e. The van der Waals surface area contributed by atoms with E-state index in [9.17, 15) is 4.79 Å². The Balaban J connectivity index is 2.93. The molecule has 0 radical (unpaired) electrons. The van der Waals surface area contributed by atoms with E-state index < -0.39 is 6.10 Å². The van der Waals surface area contributed by atoms with Crippen LogP contribution in [0.3, 0.4) is 0 Å². The van der Waals surface area contributed by atoms with Crippen LogP contribution in [0.1, 0.15) is 18.1 Å². The molecule has 5 heteroatoms. The number of ether oxygens (including phenoxy) is 1. The minimum Gasteiger partial charge on any atom is -0.480 e. The first-order valence-electron chi connectivity index (χ1n) is 4.89. The number of aryl methyl sites for hydroxylation is 2. The molecule has 0 heterocycles. The zero-order valence-corrected chi connectivity index (χ0v) is 10.3. The van der Waals surface area contributed by atoms with Gasteiger partial charge in [0, 0.05) is 5.02 Å². The summed E-state index contributed by atoms with van der Waals surface area (Å²) >= 11 is 5.89. The van der Waals surface area contributed by atoms with Crippen molar-refractivity contribution < 1.29 is 9.53 Å². The molecule has 88 valence electrons. The van der Waals surface area contributed by atoms with Crippen LogP contribution in [0.25, 0.3) is 0 Å². The summed E-state index contributed by atoms with van der Waals surface area (Å²) in [5.41, 5.74) is 3.83. The van der Waals surface area contributed by atoms with Crippen molar-refractivity contribution in [2.45, 2.75) is 26.9 Å². The molecule has 1 unspecified atom stereocenters. The van der Waals surface area contributed by atoms with Gasteiger partial charge in [-0.1, -0.05) is 11.6 Å². The number of amides is 1. The van der Waals surface area contributed by atoms with Crippen LogP contribution in [-0.2, 0) is 4.79 Å². The summed E-state index contributed by atoms with van der Waals surface area (Å²) in [6.07, 6.45) is -0.636. The van der Waals surface area contributed by atoms with Gasteiger partial charge in [-0.05, 0) is 44.0 Å². The maximum atomic E-state index is 11.2. The van der Waals surface area contributed by atoms with E-state index in [1.807, 2.05) is 19.3 Å². The number of benzene rings is 1. The predicted octanol–water partition coefficient (Wildman–Crippen LogP) is 1.71. The third kappa shape index (κ3) is 2.87. The molecular weight excluding hydrogens is 228 g/mol. The lowest BCUT2D eigenvalue weighted by Gasteiger charge is -2.17. The number of nitrogens with two attached hydrogens (primary N) is 1. The van der Waals surface area contributed by atoms with Gasteiger partial charge in [0.05, 0.1) is 0 Å². The van der Waals surface area contributed by atoms with E-state index >= 15 is 0 Å². The summed E-state index contributed by atoms with van der Waals surface area (Å²) in [5.74, 6) is 5.33. The number of carbonyl (C=O) groups excluding carboxylic acids is 1. The number of hydrazine groups is 1. The molecule has 0 aliphatic rings. The van der Waals surface area contributed by atoms with Gasteiger partial charge in [-0.15, -0.1) is 0 Å². The molecule has 0 aromatic heterocycles. The summed E-state index contributed by atoms with van der Waals surface area (Å²) < 4.78 is 5.53. The second-order valence-electron chi connectivity index (χ2n) is 3.64. The van der Waals surface area contributed by atoms with Gasteiger partial charge < -0.3 is 4.74 Å². The quantitative estimate of drug-likeness (QED) is 0.482. The molecule has 0 saturated carbocycles. The Morgan fingerprint density at radius 3 is 2.38 bits per heavy atom. The van der Waals surface area contributed by atoms with Crippen LogP contribution in [0.2, 0.25) is 5.02 Å². The highest BCUT2D eigenvalue weighted by molar-refractivity contribution is 6.30. The second-order valence-corrected chi connectivity index (χ2v) is 4.07. The normalized spacial score (nSPS) is 12.1. The van der Waals surface area contributed by atoms with Crippen LogP contribution in [0, 0.1) is 13.8 Å². The largest absolute Gasteiger partial charge is 0.480 e. The fourth-order valence-corrected chi connectivity index (χ4v) is 1.76. The van der Waals surface area contributed by atoms with Gasteiger partial charge >= 0.3 is 0 Å². The van der Waals surface area contributed by atoms with Crippen LogP contribution in [0.15, 0.2) is 12.1 Å². The van der Waals surface area contributed by atoms with Crippen LogP contribution < -0.4 is 16.0 Å². The number of halogens is 1. The number of carbonyl (C=O) groups is 1. The number of rotatable bonds is 3. The zero-order chi connectivity index (χ0) is 12.3. The average Bonchev–Trinajstić information content (AvgIpc) is 2.21. The molecule has 1 amide bonds. The topological polar surface area (TPSA) is 64.3 Å². The Morgan fingerprint density at radius 2 is 1.94 bits per heavy atom. The predicted molar refractivity (Wildman–Crippen MR) is 63.3 cm³/mol. The van der Waals surface area contributed by atoms with Gasteiger partial charge in [-0.25, -0.2) is 5.84 Å². The molecule has 0 aliphatic heterocycles. The van der Waals surface area contributed by atoms with Gasteiger partial charge in [0.25, 0.3) is 5.91 Å². The van der Waals surface area contributed by atoms with E-state index in [0.717, 1.165) is 11.1 Å². The Morgan fingerprint density at radius 1 is 1.44 bits per heavy atom. The Hall–Kier alpha value is -1.26. The molecule has 0 spiro atoms. The monoisotopic (exact) mass is 242 g/mol. The summed E-state index contributed by atoms with van der Waals surface area (Å²) in [6, 6.07) is 3.58. The van der Waals surface area contributed by atoms with Gasteiger partial charge in [0.1, 0.15) is 5.75 Å². The first-order chi connectivity index (χ1) is 7.45. The van der Waals surface area contributed by atoms with Gasteiger partial charge in [0.15, 0.2) is 6.10 Å². The molecule has 4 nitrogen and oxygen atoms in total. The lowest BCUT2D eigenvalue weighted by atomic mass is 10.1. The average molecular weight is 243 g/mol. The highest BCUT2D eigenvalue weighted by Crippen LogP contribution is 2.27. The summed E-state index contributed by atoms with van der Waals surface area (Å²) in [7, 11) is 0. The molecule has 1 atom stereocenters. The first-order valence-corrected chi connectivity index (χ1v) is 5.27. The summed E-state index contributed by atoms with van der Waals surface area (Å²) in [5, 5.41) is 0.651. The van der Waals surface area contributed by atoms with Crippen LogP contribution >= 0.6 is 11.6 Å². The number of hydrogen-bond acceptors (Lipinski definition) is 3. The number of nitrogens with one attached hydrogen (secondary N) is 1. The molecule has 0 saturated heterocycles. The molecule has 0 fully saturated rings. The van der Waals surface area contributed by atoms with E-state index in [1.54, 1.807) is 19.1 Å². The van der Waals surface area contributed by atoms with Crippen molar-refractivity contribution in [2.24, 2.45) is 5.84 Å². The van der Waals surface area contributed by atoms with E-state index in [4.69, 9.17) is 22.2 Å². The second kappa shape index (κ2) is 5.18. The van der Waals surface area contributed by atoms with Crippen molar-refractivity contribution in [1.29, 1.82) is 0 Å². The van der Waals surface area contributed by atoms with Gasteiger partial charge in [-0.2, -0.15) is 0 Å². The Bertz CT molecular complexity index is 384. The fraction of sp³-hybridized carbons (Fsp3) is 0.364. The third-order valence-electron chi connectivity index (χ3n) is 2.23. The maximum absolute atomic E-state index is 11.2. The van der Waals surface area contributed by atoms with E-state index in [1.165, 1.54) is 0 Å². The van der Waals surface area contributed by atoms with Crippen molar-refractivity contribution >= 4 is 17.5 Å². The molecule has 0 bridgehead atoms. The summed E-state index contributed by atoms with van der Waals surface area (Å²) in [4.78, 5) is 11.2. The van der Waals surface area contributed by atoms with E-state index in [0.29, 0.717) is 10.8 Å². The highest BCUT2D eigenvalue weighted by Gasteiger charge is 2.15. The molecule has 1 rings (SSSR count). The van der Waals surface area contributed by atoms with Gasteiger partial charge in [0.2, 0.25) is 0 Å². The molecule has 3 N–H and O–H groups in total. The number of hydrogen-bond donors (Lipinski definition) is 2. The molecule has 16 heavy (non-hydrogen) atoms. The van der Waals surface area contributed by atoms with Gasteiger partial charge in [-0.3, -0.25) is 10.2 Å². The molecule has 0 aliphatic carbocycles. The first kappa shape index (κ1) is 12.8. The minimum atomic E-state index is -0.636. The van der Waals surface area contributed by atoms with Crippen molar-refractivity contribution in [3.05, 3.63) is 28.3 Å². The standard InChI is InChI=1S/C11H15ClN2O2/c1-6-4-9(12)5-7(2)10(6)16-8(3)11(15)14-13/h4-5,8H,13H2,1-3H3,(H,14,15). The van der Waals surface area contributed by atoms with Crippen molar-refractivity contribution in [2.75, 3.05) is 0 Å². The van der Waals surface area contributed by atoms with Crippen LogP contribution in [0.5, 0.6) is 5.75 Å². The van der Waals surface area contributed by atoms with Crippen molar-refractivity contribution in [3.63, 3.8) is 0 Å². The molecule has 1 aromatic rings. The minimum absolute atomic E-state index is 0.367. The Labute approximate surface area is 99.7 Å². The third-order valence-corrected chi connectivity index (χ3v) is 2.45. The smallest absolute Gasteiger partial charge is 0.274 e.